The number of carbonyl (C=O) groups is 2. The molecule has 34 heavy (non-hydrogen) atoms. The molecule has 184 valence electrons. The summed E-state index contributed by atoms with van der Waals surface area (Å²) in [7, 11) is 0. The molecule has 0 bridgehead atoms. The third kappa shape index (κ3) is 5.28. The van der Waals surface area contributed by atoms with Crippen LogP contribution in [0.4, 0.5) is 10.5 Å². The normalized spacial score (nSPS) is 25.1. The molecule has 0 spiro atoms. The van der Waals surface area contributed by atoms with Gasteiger partial charge in [0.1, 0.15) is 0 Å². The highest BCUT2D eigenvalue weighted by molar-refractivity contribution is 6.07. The minimum Gasteiger partial charge on any atom is -0.379 e. The predicted molar refractivity (Wildman–Crippen MR) is 131 cm³/mol. The molecule has 0 radical (unpaired) electrons. The van der Waals surface area contributed by atoms with E-state index in [4.69, 9.17) is 4.74 Å². The van der Waals surface area contributed by atoms with Crippen LogP contribution < -0.4 is 10.2 Å². The topological polar surface area (TPSA) is 79.2 Å². The van der Waals surface area contributed by atoms with Crippen molar-refractivity contribution in [2.24, 2.45) is 11.8 Å². The zero-order chi connectivity index (χ0) is 23.5. The molecule has 1 saturated carbocycles. The second-order valence-electron chi connectivity index (χ2n) is 10.2. The molecule has 2 aromatic heterocycles. The molecule has 5 rings (SSSR count). The molecule has 8 heteroatoms. The highest BCUT2D eigenvalue weighted by Gasteiger charge is 2.28. The van der Waals surface area contributed by atoms with Crippen LogP contribution in [0.5, 0.6) is 0 Å². The van der Waals surface area contributed by atoms with Gasteiger partial charge in [0.2, 0.25) is 5.91 Å². The van der Waals surface area contributed by atoms with Gasteiger partial charge in [-0.1, -0.05) is 0 Å². The van der Waals surface area contributed by atoms with Crippen LogP contribution in [-0.4, -0.2) is 65.3 Å². The Morgan fingerprint density at radius 2 is 1.85 bits per heavy atom. The summed E-state index contributed by atoms with van der Waals surface area (Å²) in [5.74, 6) is 1.30. The van der Waals surface area contributed by atoms with Crippen molar-refractivity contribution < 1.29 is 14.3 Å². The molecular weight excluding hydrogens is 430 g/mol. The van der Waals surface area contributed by atoms with Crippen molar-refractivity contribution >= 4 is 23.1 Å². The van der Waals surface area contributed by atoms with Crippen molar-refractivity contribution in [3.8, 4) is 0 Å². The van der Waals surface area contributed by atoms with E-state index in [1.165, 1.54) is 63.7 Å². The molecule has 2 saturated heterocycles. The standard InChI is InChI=1S/C26H37N5O3/c1-2-34-22-5-3-20(4-6-22)18-29-11-7-19(8-12-29)15-21-9-14-31-23(16-21)24(17-27-31)30-13-10-25(32)28-26(30)33/h9,14,16-17,19-20,22H,2-8,10-13,15,18H2,1H3,(H,28,32,33). The maximum absolute atomic E-state index is 12.3. The number of nitrogens with one attached hydrogen (secondary N) is 1. The van der Waals surface area contributed by atoms with E-state index in [1.54, 1.807) is 11.1 Å². The molecule has 0 atom stereocenters. The van der Waals surface area contributed by atoms with Gasteiger partial charge in [-0.05, 0) is 94.5 Å². The highest BCUT2D eigenvalue weighted by Crippen LogP contribution is 2.30. The van der Waals surface area contributed by atoms with Crippen LogP contribution in [-0.2, 0) is 16.0 Å². The molecule has 0 unspecified atom stereocenters. The van der Waals surface area contributed by atoms with E-state index >= 15 is 0 Å². The van der Waals surface area contributed by atoms with Gasteiger partial charge in [-0.15, -0.1) is 0 Å². The average molecular weight is 468 g/mol. The Morgan fingerprint density at radius 3 is 2.59 bits per heavy atom. The fraction of sp³-hybridized carbons (Fsp3) is 0.654. The quantitative estimate of drug-likeness (QED) is 0.673. The molecule has 2 aromatic rings. The van der Waals surface area contributed by atoms with Crippen LogP contribution in [0.1, 0.15) is 57.4 Å². The van der Waals surface area contributed by atoms with Gasteiger partial charge in [-0.2, -0.15) is 5.10 Å². The number of likely N-dealkylation sites (tertiary alicyclic amines) is 1. The number of imide groups is 1. The number of rotatable bonds is 7. The van der Waals surface area contributed by atoms with Gasteiger partial charge < -0.3 is 9.64 Å². The first-order valence-electron chi connectivity index (χ1n) is 13.0. The lowest BCUT2D eigenvalue weighted by Crippen LogP contribution is -2.49. The number of amides is 3. The largest absolute Gasteiger partial charge is 0.379 e. The lowest BCUT2D eigenvalue weighted by atomic mass is 9.85. The van der Waals surface area contributed by atoms with Crippen molar-refractivity contribution in [3.05, 3.63) is 30.1 Å². The number of fused-ring (bicyclic) bond motifs is 1. The van der Waals surface area contributed by atoms with Crippen molar-refractivity contribution in [3.63, 3.8) is 0 Å². The summed E-state index contributed by atoms with van der Waals surface area (Å²) in [5.41, 5.74) is 2.97. The fourth-order valence-electron chi connectivity index (χ4n) is 5.93. The number of anilines is 1. The molecule has 3 amide bonds. The third-order valence-electron chi connectivity index (χ3n) is 7.85. The summed E-state index contributed by atoms with van der Waals surface area (Å²) in [6.07, 6.45) is 13.1. The molecule has 1 aliphatic carbocycles. The zero-order valence-corrected chi connectivity index (χ0v) is 20.2. The van der Waals surface area contributed by atoms with Gasteiger partial charge in [0.25, 0.3) is 0 Å². The van der Waals surface area contributed by atoms with Crippen molar-refractivity contribution in [1.82, 2.24) is 19.8 Å². The van der Waals surface area contributed by atoms with E-state index in [0.717, 1.165) is 30.1 Å². The average Bonchev–Trinajstić information content (AvgIpc) is 3.25. The van der Waals surface area contributed by atoms with E-state index in [9.17, 15) is 9.59 Å². The summed E-state index contributed by atoms with van der Waals surface area (Å²) in [6.45, 7) is 6.96. The smallest absolute Gasteiger partial charge is 0.328 e. The van der Waals surface area contributed by atoms with Crippen LogP contribution in [0.3, 0.4) is 0 Å². The second-order valence-corrected chi connectivity index (χ2v) is 10.2. The maximum Gasteiger partial charge on any atom is 0.328 e. The Morgan fingerprint density at radius 1 is 1.06 bits per heavy atom. The maximum atomic E-state index is 12.3. The lowest BCUT2D eigenvalue weighted by molar-refractivity contribution is -0.120. The van der Waals surface area contributed by atoms with Gasteiger partial charge in [-0.25, -0.2) is 9.31 Å². The monoisotopic (exact) mass is 467 g/mol. The molecular formula is C26H37N5O3. The van der Waals surface area contributed by atoms with Gasteiger partial charge in [0.05, 0.1) is 23.5 Å². The Labute approximate surface area is 201 Å². The summed E-state index contributed by atoms with van der Waals surface area (Å²) in [6, 6.07) is 3.94. The Kier molecular flexibility index (Phi) is 7.15. The minimum atomic E-state index is -0.365. The van der Waals surface area contributed by atoms with Crippen molar-refractivity contribution in [1.29, 1.82) is 0 Å². The van der Waals surface area contributed by atoms with E-state index < -0.39 is 0 Å². The summed E-state index contributed by atoms with van der Waals surface area (Å²) >= 11 is 0. The van der Waals surface area contributed by atoms with Crippen molar-refractivity contribution in [2.45, 2.75) is 64.4 Å². The first-order valence-corrected chi connectivity index (χ1v) is 13.0. The molecule has 3 fully saturated rings. The van der Waals surface area contributed by atoms with Crippen LogP contribution in [0, 0.1) is 11.8 Å². The Hall–Kier alpha value is -2.45. The number of carbonyl (C=O) groups excluding carboxylic acids is 2. The molecule has 3 aliphatic rings. The zero-order valence-electron chi connectivity index (χ0n) is 20.2. The first-order chi connectivity index (χ1) is 16.6. The number of hydrogen-bond acceptors (Lipinski definition) is 5. The number of nitrogens with zero attached hydrogens (tertiary/aromatic N) is 4. The van der Waals surface area contributed by atoms with E-state index in [-0.39, 0.29) is 11.9 Å². The minimum absolute atomic E-state index is 0.219. The molecule has 4 heterocycles. The SMILES string of the molecule is CCOC1CCC(CN2CCC(Cc3ccn4ncc(N5CCC(=O)NC5=O)c4c3)CC2)CC1. The highest BCUT2D eigenvalue weighted by atomic mass is 16.5. The Balaban J connectivity index is 1.14. The second kappa shape index (κ2) is 10.4. The van der Waals surface area contributed by atoms with Gasteiger partial charge in [-0.3, -0.25) is 15.0 Å². The number of urea groups is 1. The van der Waals surface area contributed by atoms with E-state index in [0.29, 0.717) is 25.0 Å². The number of hydrogen-bond donors (Lipinski definition) is 1. The summed E-state index contributed by atoms with van der Waals surface area (Å²) < 4.78 is 7.62. The molecule has 0 aromatic carbocycles. The van der Waals surface area contributed by atoms with Gasteiger partial charge in [0.15, 0.2) is 0 Å². The summed E-state index contributed by atoms with van der Waals surface area (Å²) in [4.78, 5) is 28.1. The number of ether oxygens (including phenoxy) is 1. The number of pyridine rings is 1. The van der Waals surface area contributed by atoms with Crippen LogP contribution in [0.15, 0.2) is 24.5 Å². The molecule has 2 aliphatic heterocycles. The van der Waals surface area contributed by atoms with Crippen LogP contribution in [0.25, 0.3) is 5.52 Å². The summed E-state index contributed by atoms with van der Waals surface area (Å²) in [5, 5.41) is 6.81. The van der Waals surface area contributed by atoms with E-state index in [2.05, 4.69) is 34.4 Å². The van der Waals surface area contributed by atoms with Crippen molar-refractivity contribution in [2.75, 3.05) is 37.7 Å². The van der Waals surface area contributed by atoms with E-state index in [1.807, 2.05) is 10.7 Å². The number of aromatic nitrogens is 2. The lowest BCUT2D eigenvalue weighted by Gasteiger charge is -2.36. The van der Waals surface area contributed by atoms with Gasteiger partial charge in [0, 0.05) is 32.3 Å². The van der Waals surface area contributed by atoms with Crippen LogP contribution >= 0.6 is 0 Å². The first kappa shape index (κ1) is 23.3. The third-order valence-corrected chi connectivity index (χ3v) is 7.85. The molecule has 1 N–H and O–H groups in total. The van der Waals surface area contributed by atoms with Gasteiger partial charge >= 0.3 is 6.03 Å². The Bertz CT molecular complexity index is 1010. The fourth-order valence-corrected chi connectivity index (χ4v) is 5.93. The van der Waals surface area contributed by atoms with Crippen LogP contribution in [0.2, 0.25) is 0 Å². The number of piperidine rings is 1. The predicted octanol–water partition coefficient (Wildman–Crippen LogP) is 3.63. The molecule has 8 nitrogen and oxygen atoms in total.